The first-order valence-electron chi connectivity index (χ1n) is 8.44. The highest BCUT2D eigenvalue weighted by Gasteiger charge is 2.20. The summed E-state index contributed by atoms with van der Waals surface area (Å²) in [4.78, 5) is 13.5. The van der Waals surface area contributed by atoms with Gasteiger partial charge in [-0.3, -0.25) is 4.98 Å². The van der Waals surface area contributed by atoms with Crippen molar-refractivity contribution in [2.75, 3.05) is 5.32 Å². The van der Waals surface area contributed by atoms with E-state index in [-0.39, 0.29) is 6.04 Å². The molecule has 1 aliphatic carbocycles. The second-order valence-corrected chi connectivity index (χ2v) is 6.14. The fraction of sp³-hybridized carbons (Fsp3) is 0.250. The molecule has 2 aromatic heterocycles. The van der Waals surface area contributed by atoms with Gasteiger partial charge in [0.15, 0.2) is 0 Å². The second kappa shape index (κ2) is 6.79. The lowest BCUT2D eigenvalue weighted by atomic mass is 10.0. The molecule has 3 aromatic rings. The maximum absolute atomic E-state index is 4.56. The number of hydrogen-bond acceptors (Lipinski definition) is 4. The van der Waals surface area contributed by atoms with E-state index in [1.165, 1.54) is 16.8 Å². The van der Waals surface area contributed by atoms with E-state index in [1.54, 1.807) is 6.33 Å². The van der Waals surface area contributed by atoms with Gasteiger partial charge >= 0.3 is 0 Å². The van der Waals surface area contributed by atoms with Crippen molar-refractivity contribution in [3.63, 3.8) is 0 Å². The largest absolute Gasteiger partial charge is 0.361 e. The zero-order valence-corrected chi connectivity index (χ0v) is 13.5. The molecule has 4 heteroatoms. The molecule has 4 rings (SSSR count). The zero-order chi connectivity index (χ0) is 16.2. The molecule has 1 atom stereocenters. The molecule has 0 fully saturated rings. The van der Waals surface area contributed by atoms with E-state index in [2.05, 4.69) is 50.6 Å². The molecule has 24 heavy (non-hydrogen) atoms. The van der Waals surface area contributed by atoms with Crippen LogP contribution in [0.5, 0.6) is 0 Å². The Labute approximate surface area is 142 Å². The van der Waals surface area contributed by atoms with Crippen molar-refractivity contribution in [2.45, 2.75) is 31.7 Å². The fourth-order valence-corrected chi connectivity index (χ4v) is 3.31. The van der Waals surface area contributed by atoms with Gasteiger partial charge in [-0.25, -0.2) is 9.97 Å². The van der Waals surface area contributed by atoms with E-state index in [1.807, 2.05) is 24.4 Å². The molecule has 120 valence electrons. The standard InChI is InChI=1S/C20H20N4/c1-2-7-15(8-3-1)13-19(18-10-4-5-12-21-18)24-20-16-9-6-11-17(16)22-14-23-20/h1-5,7-8,10,12,14,19H,6,9,11,13H2,(H,22,23,24)/t19-/m0/s1. The fourth-order valence-electron chi connectivity index (χ4n) is 3.31. The van der Waals surface area contributed by atoms with Gasteiger partial charge in [0.2, 0.25) is 0 Å². The van der Waals surface area contributed by atoms with Gasteiger partial charge in [0.1, 0.15) is 12.1 Å². The van der Waals surface area contributed by atoms with Crippen LogP contribution < -0.4 is 5.32 Å². The number of nitrogens with zero attached hydrogens (tertiary/aromatic N) is 3. The minimum atomic E-state index is 0.0909. The van der Waals surface area contributed by atoms with Gasteiger partial charge in [0.25, 0.3) is 0 Å². The van der Waals surface area contributed by atoms with Crippen LogP contribution >= 0.6 is 0 Å². The monoisotopic (exact) mass is 316 g/mol. The van der Waals surface area contributed by atoms with Crippen molar-refractivity contribution in [3.05, 3.63) is 83.6 Å². The van der Waals surface area contributed by atoms with E-state index in [4.69, 9.17) is 0 Å². The number of benzene rings is 1. The Morgan fingerprint density at radius 3 is 2.62 bits per heavy atom. The Bertz CT molecular complexity index is 802. The van der Waals surface area contributed by atoms with Crippen molar-refractivity contribution >= 4 is 5.82 Å². The molecule has 0 saturated heterocycles. The Kier molecular flexibility index (Phi) is 4.19. The number of fused-ring (bicyclic) bond motifs is 1. The lowest BCUT2D eigenvalue weighted by molar-refractivity contribution is 0.738. The summed E-state index contributed by atoms with van der Waals surface area (Å²) < 4.78 is 0. The molecule has 0 aliphatic heterocycles. The van der Waals surface area contributed by atoms with E-state index < -0.39 is 0 Å². The van der Waals surface area contributed by atoms with Crippen LogP contribution in [0.3, 0.4) is 0 Å². The Morgan fingerprint density at radius 1 is 0.917 bits per heavy atom. The average molecular weight is 316 g/mol. The first-order valence-corrected chi connectivity index (χ1v) is 8.44. The molecule has 0 bridgehead atoms. The molecule has 4 nitrogen and oxygen atoms in total. The topological polar surface area (TPSA) is 50.7 Å². The summed E-state index contributed by atoms with van der Waals surface area (Å²) in [6.07, 6.45) is 7.66. The van der Waals surface area contributed by atoms with Crippen LogP contribution in [0.15, 0.2) is 61.1 Å². The highest BCUT2D eigenvalue weighted by Crippen LogP contribution is 2.29. The molecule has 0 amide bonds. The lowest BCUT2D eigenvalue weighted by Gasteiger charge is -2.20. The molecule has 0 unspecified atom stereocenters. The maximum atomic E-state index is 4.56. The summed E-state index contributed by atoms with van der Waals surface area (Å²) in [5.41, 5.74) is 4.77. The lowest BCUT2D eigenvalue weighted by Crippen LogP contribution is -2.17. The van der Waals surface area contributed by atoms with Gasteiger partial charge in [0.05, 0.1) is 11.7 Å². The number of rotatable bonds is 5. The van der Waals surface area contributed by atoms with Gasteiger partial charge in [-0.1, -0.05) is 36.4 Å². The zero-order valence-electron chi connectivity index (χ0n) is 13.5. The molecule has 0 radical (unpaired) electrons. The Hall–Kier alpha value is -2.75. The third kappa shape index (κ3) is 3.13. The summed E-state index contributed by atoms with van der Waals surface area (Å²) in [6, 6.07) is 16.7. The van der Waals surface area contributed by atoms with Crippen molar-refractivity contribution in [1.29, 1.82) is 0 Å². The van der Waals surface area contributed by atoms with Gasteiger partial charge in [-0.05, 0) is 43.4 Å². The van der Waals surface area contributed by atoms with Crippen LogP contribution in [-0.4, -0.2) is 15.0 Å². The van der Waals surface area contributed by atoms with Gasteiger partial charge in [-0.15, -0.1) is 0 Å². The number of hydrogen-bond donors (Lipinski definition) is 1. The van der Waals surface area contributed by atoms with Gasteiger partial charge in [0, 0.05) is 17.5 Å². The van der Waals surface area contributed by atoms with Crippen molar-refractivity contribution in [1.82, 2.24) is 15.0 Å². The van der Waals surface area contributed by atoms with E-state index >= 15 is 0 Å². The quantitative estimate of drug-likeness (QED) is 0.779. The molecular formula is C20H20N4. The van der Waals surface area contributed by atoms with Crippen molar-refractivity contribution in [3.8, 4) is 0 Å². The molecule has 1 aliphatic rings. The summed E-state index contributed by atoms with van der Waals surface area (Å²) in [6.45, 7) is 0. The molecule has 0 saturated carbocycles. The molecule has 1 aromatic carbocycles. The molecular weight excluding hydrogens is 296 g/mol. The molecule has 2 heterocycles. The van der Waals surface area contributed by atoms with E-state index in [0.29, 0.717) is 0 Å². The Morgan fingerprint density at radius 2 is 1.79 bits per heavy atom. The minimum Gasteiger partial charge on any atom is -0.361 e. The average Bonchev–Trinajstić information content (AvgIpc) is 3.13. The maximum Gasteiger partial charge on any atom is 0.133 e. The van der Waals surface area contributed by atoms with Gasteiger partial charge in [-0.2, -0.15) is 0 Å². The van der Waals surface area contributed by atoms with Crippen LogP contribution in [0.4, 0.5) is 5.82 Å². The molecule has 0 spiro atoms. The number of nitrogens with one attached hydrogen (secondary N) is 1. The first-order chi connectivity index (χ1) is 11.9. The van der Waals surface area contributed by atoms with Crippen LogP contribution in [0.2, 0.25) is 0 Å². The van der Waals surface area contributed by atoms with Crippen LogP contribution in [-0.2, 0) is 19.3 Å². The Balaban J connectivity index is 1.65. The second-order valence-electron chi connectivity index (χ2n) is 6.14. The normalized spacial score (nSPS) is 14.2. The van der Waals surface area contributed by atoms with Crippen LogP contribution in [0.1, 0.15) is 35.0 Å². The number of aromatic nitrogens is 3. The van der Waals surface area contributed by atoms with E-state index in [0.717, 1.165) is 37.2 Å². The first kappa shape index (κ1) is 14.8. The van der Waals surface area contributed by atoms with Crippen molar-refractivity contribution in [2.24, 2.45) is 0 Å². The van der Waals surface area contributed by atoms with Crippen molar-refractivity contribution < 1.29 is 0 Å². The smallest absolute Gasteiger partial charge is 0.133 e. The molecule has 1 N–H and O–H groups in total. The third-order valence-corrected chi connectivity index (χ3v) is 4.51. The predicted octanol–water partition coefficient (Wildman–Crippen LogP) is 3.76. The summed E-state index contributed by atoms with van der Waals surface area (Å²) >= 11 is 0. The predicted molar refractivity (Wildman–Crippen MR) is 94.8 cm³/mol. The van der Waals surface area contributed by atoms with Crippen LogP contribution in [0, 0.1) is 0 Å². The highest BCUT2D eigenvalue weighted by molar-refractivity contribution is 5.49. The van der Waals surface area contributed by atoms with Gasteiger partial charge < -0.3 is 5.32 Å². The minimum absolute atomic E-state index is 0.0909. The summed E-state index contributed by atoms with van der Waals surface area (Å²) in [5, 5.41) is 3.63. The highest BCUT2D eigenvalue weighted by atomic mass is 15.1. The number of pyridine rings is 1. The summed E-state index contributed by atoms with van der Waals surface area (Å²) in [7, 11) is 0. The number of anilines is 1. The summed E-state index contributed by atoms with van der Waals surface area (Å²) in [5.74, 6) is 0.962. The van der Waals surface area contributed by atoms with Crippen LogP contribution in [0.25, 0.3) is 0 Å². The van der Waals surface area contributed by atoms with E-state index in [9.17, 15) is 0 Å². The SMILES string of the molecule is c1ccc(C[C@H](Nc2ncnc3c2CCC3)c2ccccn2)cc1. The third-order valence-electron chi connectivity index (χ3n) is 4.51. The number of aryl methyl sites for hydroxylation is 1.